The minimum atomic E-state index is -3.18. The molecule has 0 saturated carbocycles. The Morgan fingerprint density at radius 3 is 2.50 bits per heavy atom. The smallest absolute Gasteiger partial charge is 0.224 e. The predicted molar refractivity (Wildman–Crippen MR) is 87.4 cm³/mol. The van der Waals surface area contributed by atoms with E-state index in [0.29, 0.717) is 6.54 Å². The second-order valence-corrected chi connectivity index (χ2v) is 7.82. The summed E-state index contributed by atoms with van der Waals surface area (Å²) >= 11 is 0. The minimum Gasteiger partial charge on any atom is -0.355 e. The van der Waals surface area contributed by atoms with Gasteiger partial charge in [-0.2, -0.15) is 0 Å². The Kier molecular flexibility index (Phi) is 5.77. The molecule has 1 aliphatic carbocycles. The molecule has 22 heavy (non-hydrogen) atoms. The zero-order valence-electron chi connectivity index (χ0n) is 13.0. The molecule has 4 nitrogen and oxygen atoms in total. The molecule has 1 aliphatic rings. The van der Waals surface area contributed by atoms with Crippen molar-refractivity contribution in [3.63, 3.8) is 0 Å². The first-order valence-corrected chi connectivity index (χ1v) is 9.58. The standard InChI is InChI=1S/C17H23NO3S/c1-22(20,21)16-9-7-15(8-10-16)13-17(19)18-12-11-14-5-3-2-4-6-14/h5,7-10H,2-4,6,11-13H2,1H3,(H,18,19). The second kappa shape index (κ2) is 7.58. The van der Waals surface area contributed by atoms with E-state index in [4.69, 9.17) is 0 Å². The van der Waals surface area contributed by atoms with Crippen LogP contribution >= 0.6 is 0 Å². The van der Waals surface area contributed by atoms with Crippen molar-refractivity contribution in [2.75, 3.05) is 12.8 Å². The molecule has 0 bridgehead atoms. The topological polar surface area (TPSA) is 63.2 Å². The lowest BCUT2D eigenvalue weighted by atomic mass is 9.97. The van der Waals surface area contributed by atoms with E-state index in [1.54, 1.807) is 24.3 Å². The van der Waals surface area contributed by atoms with Crippen molar-refractivity contribution in [2.24, 2.45) is 0 Å². The summed E-state index contributed by atoms with van der Waals surface area (Å²) in [6.07, 6.45) is 9.53. The van der Waals surface area contributed by atoms with Crippen LogP contribution in [0.4, 0.5) is 0 Å². The van der Waals surface area contributed by atoms with Gasteiger partial charge in [0.15, 0.2) is 9.84 Å². The number of nitrogens with one attached hydrogen (secondary N) is 1. The van der Waals surface area contributed by atoms with E-state index in [1.807, 2.05) is 0 Å². The van der Waals surface area contributed by atoms with Crippen molar-refractivity contribution >= 4 is 15.7 Å². The Balaban J connectivity index is 1.78. The van der Waals surface area contributed by atoms with Crippen LogP contribution in [0.5, 0.6) is 0 Å². The SMILES string of the molecule is CS(=O)(=O)c1ccc(CC(=O)NCCC2=CCCCC2)cc1. The van der Waals surface area contributed by atoms with Gasteiger partial charge in [-0.15, -0.1) is 0 Å². The van der Waals surface area contributed by atoms with Gasteiger partial charge in [0.25, 0.3) is 0 Å². The molecule has 2 rings (SSSR count). The number of sulfone groups is 1. The van der Waals surface area contributed by atoms with E-state index in [1.165, 1.54) is 24.7 Å². The molecule has 5 heteroatoms. The van der Waals surface area contributed by atoms with Gasteiger partial charge >= 0.3 is 0 Å². The lowest BCUT2D eigenvalue weighted by molar-refractivity contribution is -0.120. The fraction of sp³-hybridized carbons (Fsp3) is 0.471. The summed E-state index contributed by atoms with van der Waals surface area (Å²) in [5.74, 6) is -0.0245. The first kappa shape index (κ1) is 16.7. The van der Waals surface area contributed by atoms with Crippen molar-refractivity contribution in [2.45, 2.75) is 43.4 Å². The Labute approximate surface area is 132 Å². The van der Waals surface area contributed by atoms with Crippen LogP contribution in [0.25, 0.3) is 0 Å². The predicted octanol–water partition coefficient (Wildman–Crippen LogP) is 2.64. The second-order valence-electron chi connectivity index (χ2n) is 5.80. The van der Waals surface area contributed by atoms with Crippen molar-refractivity contribution in [1.29, 1.82) is 0 Å². The highest BCUT2D eigenvalue weighted by Gasteiger charge is 2.09. The average Bonchev–Trinajstić information content (AvgIpc) is 2.48. The minimum absolute atomic E-state index is 0.0245. The summed E-state index contributed by atoms with van der Waals surface area (Å²) in [5.41, 5.74) is 2.27. The summed E-state index contributed by atoms with van der Waals surface area (Å²) in [7, 11) is -3.18. The molecule has 0 unspecified atom stereocenters. The molecule has 1 aromatic rings. The molecule has 0 atom stereocenters. The van der Waals surface area contributed by atoms with E-state index in [0.717, 1.165) is 24.8 Å². The third-order valence-corrected chi connectivity index (χ3v) is 5.00. The van der Waals surface area contributed by atoms with Crippen LogP contribution in [0.2, 0.25) is 0 Å². The number of benzene rings is 1. The first-order valence-electron chi connectivity index (χ1n) is 7.69. The third kappa shape index (κ3) is 5.30. The van der Waals surface area contributed by atoms with Gasteiger partial charge in [0.2, 0.25) is 5.91 Å². The normalized spacial score (nSPS) is 15.2. The molecular weight excluding hydrogens is 298 g/mol. The van der Waals surface area contributed by atoms with Gasteiger partial charge in [0.1, 0.15) is 0 Å². The van der Waals surface area contributed by atoms with Gasteiger partial charge in [0.05, 0.1) is 11.3 Å². The summed E-state index contributed by atoms with van der Waals surface area (Å²) in [6.45, 7) is 0.673. The molecule has 1 N–H and O–H groups in total. The van der Waals surface area contributed by atoms with Crippen LogP contribution in [0.3, 0.4) is 0 Å². The van der Waals surface area contributed by atoms with E-state index in [9.17, 15) is 13.2 Å². The number of hydrogen-bond donors (Lipinski definition) is 1. The maximum atomic E-state index is 11.9. The van der Waals surface area contributed by atoms with Crippen molar-refractivity contribution in [3.05, 3.63) is 41.5 Å². The van der Waals surface area contributed by atoms with Gasteiger partial charge in [-0.05, 0) is 49.8 Å². The summed E-state index contributed by atoms with van der Waals surface area (Å²) in [4.78, 5) is 12.2. The largest absolute Gasteiger partial charge is 0.355 e. The fourth-order valence-electron chi connectivity index (χ4n) is 2.60. The van der Waals surface area contributed by atoms with E-state index in [-0.39, 0.29) is 17.2 Å². The van der Waals surface area contributed by atoms with E-state index < -0.39 is 9.84 Å². The highest BCUT2D eigenvalue weighted by Crippen LogP contribution is 2.19. The molecule has 0 spiro atoms. The summed E-state index contributed by atoms with van der Waals surface area (Å²) in [6, 6.07) is 6.48. The molecule has 0 fully saturated rings. The Bertz CT molecular complexity index is 645. The van der Waals surface area contributed by atoms with Crippen molar-refractivity contribution < 1.29 is 13.2 Å². The molecule has 0 radical (unpaired) electrons. The highest BCUT2D eigenvalue weighted by molar-refractivity contribution is 7.90. The maximum absolute atomic E-state index is 11.9. The van der Waals surface area contributed by atoms with E-state index >= 15 is 0 Å². The van der Waals surface area contributed by atoms with Gasteiger partial charge in [-0.25, -0.2) is 8.42 Å². The van der Waals surface area contributed by atoms with Crippen LogP contribution in [-0.4, -0.2) is 27.1 Å². The molecular formula is C17H23NO3S. The zero-order valence-corrected chi connectivity index (χ0v) is 13.8. The summed E-state index contributed by atoms with van der Waals surface area (Å²) in [5, 5.41) is 2.93. The number of hydrogen-bond acceptors (Lipinski definition) is 3. The van der Waals surface area contributed by atoms with Gasteiger partial charge in [0, 0.05) is 12.8 Å². The van der Waals surface area contributed by atoms with Crippen molar-refractivity contribution in [3.8, 4) is 0 Å². The lowest BCUT2D eigenvalue weighted by Crippen LogP contribution is -2.26. The number of rotatable bonds is 6. The van der Waals surface area contributed by atoms with Crippen LogP contribution in [0.15, 0.2) is 40.8 Å². The molecule has 120 valence electrons. The van der Waals surface area contributed by atoms with Crippen LogP contribution in [0.1, 0.15) is 37.7 Å². The summed E-state index contributed by atoms with van der Waals surface area (Å²) < 4.78 is 22.7. The van der Waals surface area contributed by atoms with Gasteiger partial charge < -0.3 is 5.32 Å². The molecule has 0 heterocycles. The molecule has 0 aliphatic heterocycles. The van der Waals surface area contributed by atoms with Crippen molar-refractivity contribution in [1.82, 2.24) is 5.32 Å². The Hall–Kier alpha value is -1.62. The third-order valence-electron chi connectivity index (χ3n) is 3.87. The monoisotopic (exact) mass is 321 g/mol. The van der Waals surface area contributed by atoms with Gasteiger partial charge in [-0.3, -0.25) is 4.79 Å². The fourth-order valence-corrected chi connectivity index (χ4v) is 3.23. The zero-order chi connectivity index (χ0) is 16.0. The number of amides is 1. The molecule has 1 amide bonds. The van der Waals surface area contributed by atoms with Crippen LogP contribution < -0.4 is 5.32 Å². The maximum Gasteiger partial charge on any atom is 0.224 e. The number of carbonyl (C=O) groups is 1. The first-order chi connectivity index (χ1) is 10.4. The average molecular weight is 321 g/mol. The lowest BCUT2D eigenvalue weighted by Gasteiger charge is -2.13. The number of carbonyl (C=O) groups excluding carboxylic acids is 1. The number of allylic oxidation sites excluding steroid dienone is 1. The Morgan fingerprint density at radius 2 is 1.91 bits per heavy atom. The molecule has 0 aromatic heterocycles. The van der Waals surface area contributed by atoms with Gasteiger partial charge in [-0.1, -0.05) is 23.8 Å². The van der Waals surface area contributed by atoms with E-state index in [2.05, 4.69) is 11.4 Å². The van der Waals surface area contributed by atoms with Crippen LogP contribution in [0, 0.1) is 0 Å². The highest BCUT2D eigenvalue weighted by atomic mass is 32.2. The quantitative estimate of drug-likeness (QED) is 0.819. The molecule has 1 aromatic carbocycles. The Morgan fingerprint density at radius 1 is 1.18 bits per heavy atom. The molecule has 0 saturated heterocycles. The van der Waals surface area contributed by atoms with Crippen LogP contribution in [-0.2, 0) is 21.1 Å².